The lowest BCUT2D eigenvalue weighted by atomic mass is 9.91. The average molecular weight is 297 g/mol. The van der Waals surface area contributed by atoms with Crippen LogP contribution in [0.25, 0.3) is 0 Å². The van der Waals surface area contributed by atoms with Gasteiger partial charge in [-0.15, -0.1) is 0 Å². The molecule has 108 valence electrons. The number of hydrogen-bond donors (Lipinski definition) is 2. The highest BCUT2D eigenvalue weighted by Crippen LogP contribution is 2.50. The van der Waals surface area contributed by atoms with Crippen LogP contribution in [0.4, 0.5) is 5.69 Å². The Morgan fingerprint density at radius 1 is 1.65 bits per heavy atom. The Kier molecular flexibility index (Phi) is 3.16. The molecule has 0 unspecified atom stereocenters. The van der Waals surface area contributed by atoms with Crippen LogP contribution >= 0.6 is 11.6 Å². The number of fused-ring (bicyclic) bond motifs is 3. The molecular formula is C14H17ClN2O3. The number of halogens is 1. The zero-order chi connectivity index (χ0) is 14.5. The summed E-state index contributed by atoms with van der Waals surface area (Å²) in [4.78, 5) is 13.7. The number of carbonyl (C=O) groups excluding carboxylic acids is 1. The maximum Gasteiger partial charge on any atom is 0.323 e. The summed E-state index contributed by atoms with van der Waals surface area (Å²) in [6.07, 6.45) is -0.0828. The number of likely N-dealkylation sites (N-methyl/N-ethyl adjacent to an activating group) is 1. The van der Waals surface area contributed by atoms with Crippen molar-refractivity contribution in [3.8, 4) is 0 Å². The normalized spacial score (nSPS) is 31.1. The Morgan fingerprint density at radius 3 is 3.10 bits per heavy atom. The summed E-state index contributed by atoms with van der Waals surface area (Å²) in [5.74, 6) is -0.327. The average Bonchev–Trinajstić information content (AvgIpc) is 2.85. The molecule has 2 heterocycles. The zero-order valence-electron chi connectivity index (χ0n) is 11.4. The number of nitrogens with zero attached hydrogens (tertiary/aromatic N) is 1. The summed E-state index contributed by atoms with van der Waals surface area (Å²) >= 11 is 6.21. The zero-order valence-corrected chi connectivity index (χ0v) is 12.1. The van der Waals surface area contributed by atoms with Gasteiger partial charge in [-0.25, -0.2) is 0 Å². The maximum absolute atomic E-state index is 11.9. The van der Waals surface area contributed by atoms with Crippen molar-refractivity contribution in [1.82, 2.24) is 5.32 Å². The predicted octanol–water partition coefficient (Wildman–Crippen LogP) is 1.23. The molecule has 0 aromatic heterocycles. The lowest BCUT2D eigenvalue weighted by Gasteiger charge is -2.26. The summed E-state index contributed by atoms with van der Waals surface area (Å²) < 4.78 is 5.03. The summed E-state index contributed by atoms with van der Waals surface area (Å²) in [6.45, 7) is 2.10. The van der Waals surface area contributed by atoms with E-state index < -0.39 is 11.6 Å². The molecule has 0 saturated carbocycles. The molecule has 0 radical (unpaired) electrons. The Hall–Kier alpha value is -1.30. The van der Waals surface area contributed by atoms with Gasteiger partial charge in [0.1, 0.15) is 17.8 Å². The largest absolute Gasteiger partial charge is 0.465 e. The fourth-order valence-corrected chi connectivity index (χ4v) is 3.55. The third kappa shape index (κ3) is 1.74. The number of rotatable bonds is 2. The van der Waals surface area contributed by atoms with Gasteiger partial charge in [0.05, 0.1) is 17.3 Å². The van der Waals surface area contributed by atoms with Gasteiger partial charge in [0.15, 0.2) is 0 Å². The second kappa shape index (κ2) is 4.62. The molecule has 0 amide bonds. The number of ether oxygens (including phenoxy) is 1. The number of esters is 1. The molecule has 1 fully saturated rings. The monoisotopic (exact) mass is 296 g/mol. The Morgan fingerprint density at radius 2 is 2.40 bits per heavy atom. The van der Waals surface area contributed by atoms with E-state index in [-0.39, 0.29) is 18.6 Å². The maximum atomic E-state index is 11.9. The van der Waals surface area contributed by atoms with Gasteiger partial charge >= 0.3 is 5.97 Å². The fourth-order valence-electron chi connectivity index (χ4n) is 3.25. The first-order valence-corrected chi connectivity index (χ1v) is 7.03. The molecule has 1 aromatic rings. The minimum absolute atomic E-state index is 0.286. The molecule has 20 heavy (non-hydrogen) atoms. The smallest absolute Gasteiger partial charge is 0.323 e. The number of anilines is 1. The van der Waals surface area contributed by atoms with Crippen molar-refractivity contribution in [2.24, 2.45) is 0 Å². The first-order chi connectivity index (χ1) is 9.49. The van der Waals surface area contributed by atoms with E-state index in [0.717, 1.165) is 11.3 Å². The molecule has 2 aliphatic heterocycles. The van der Waals surface area contributed by atoms with E-state index >= 15 is 0 Å². The lowest BCUT2D eigenvalue weighted by Crippen LogP contribution is -2.48. The summed E-state index contributed by atoms with van der Waals surface area (Å²) in [7, 11) is 1.86. The molecule has 0 bridgehead atoms. The van der Waals surface area contributed by atoms with Gasteiger partial charge in [0, 0.05) is 19.0 Å². The second-order valence-electron chi connectivity index (χ2n) is 5.25. The van der Waals surface area contributed by atoms with E-state index in [2.05, 4.69) is 5.32 Å². The first-order valence-electron chi connectivity index (χ1n) is 6.66. The van der Waals surface area contributed by atoms with E-state index in [0.29, 0.717) is 11.6 Å². The van der Waals surface area contributed by atoms with Crippen molar-refractivity contribution >= 4 is 23.3 Å². The van der Waals surface area contributed by atoms with Gasteiger partial charge in [0.25, 0.3) is 0 Å². The molecule has 6 heteroatoms. The molecule has 5 nitrogen and oxygen atoms in total. The van der Waals surface area contributed by atoms with Gasteiger partial charge in [-0.05, 0) is 13.0 Å². The van der Waals surface area contributed by atoms with E-state index in [4.69, 9.17) is 16.3 Å². The number of benzene rings is 1. The molecule has 3 atom stereocenters. The van der Waals surface area contributed by atoms with Crippen molar-refractivity contribution in [2.75, 3.05) is 18.6 Å². The first kappa shape index (κ1) is 13.7. The van der Waals surface area contributed by atoms with E-state index in [1.54, 1.807) is 13.0 Å². The quantitative estimate of drug-likeness (QED) is 0.804. The molecular weight excluding hydrogens is 280 g/mol. The second-order valence-corrected chi connectivity index (χ2v) is 5.66. The standard InChI is InChI=1S/C14H17ClN2O3/c1-3-20-12(18)10-7-14(19)8-5-4-6-9(15)11(8)17(2)13(14)16-10/h4-6,10,13,16,19H,3,7H2,1-2H3/t10-,13+,14+/m0/s1. The number of hydrogen-bond acceptors (Lipinski definition) is 5. The number of para-hydroxylation sites is 1. The molecule has 2 aliphatic rings. The lowest BCUT2D eigenvalue weighted by molar-refractivity contribution is -0.145. The summed E-state index contributed by atoms with van der Waals surface area (Å²) in [5, 5.41) is 14.7. The fraction of sp³-hybridized carbons (Fsp3) is 0.500. The van der Waals surface area contributed by atoms with Gasteiger partial charge in [-0.1, -0.05) is 23.7 Å². The van der Waals surface area contributed by atoms with E-state index in [1.165, 1.54) is 0 Å². The van der Waals surface area contributed by atoms with Crippen LogP contribution in [0.2, 0.25) is 5.02 Å². The Labute approximate surface area is 122 Å². The number of aliphatic hydroxyl groups is 1. The van der Waals surface area contributed by atoms with Crippen molar-refractivity contribution < 1.29 is 14.6 Å². The Bertz CT molecular complexity index is 565. The molecule has 3 rings (SSSR count). The van der Waals surface area contributed by atoms with Crippen molar-refractivity contribution in [3.05, 3.63) is 28.8 Å². The van der Waals surface area contributed by atoms with Crippen LogP contribution < -0.4 is 10.2 Å². The van der Waals surface area contributed by atoms with Crippen LogP contribution in [0.3, 0.4) is 0 Å². The van der Waals surface area contributed by atoms with Gasteiger partial charge in [-0.2, -0.15) is 0 Å². The third-order valence-corrected chi connectivity index (χ3v) is 4.40. The minimum Gasteiger partial charge on any atom is -0.465 e. The minimum atomic E-state index is -1.12. The summed E-state index contributed by atoms with van der Waals surface area (Å²) in [5.41, 5.74) is 0.458. The third-order valence-electron chi connectivity index (χ3n) is 4.09. The highest BCUT2D eigenvalue weighted by Gasteiger charge is 2.57. The highest BCUT2D eigenvalue weighted by molar-refractivity contribution is 6.33. The van der Waals surface area contributed by atoms with Crippen molar-refractivity contribution in [2.45, 2.75) is 31.2 Å². The van der Waals surface area contributed by atoms with Crippen LogP contribution in [-0.4, -0.2) is 36.9 Å². The molecule has 2 N–H and O–H groups in total. The van der Waals surface area contributed by atoms with Crippen LogP contribution in [0.5, 0.6) is 0 Å². The SMILES string of the molecule is CCOC(=O)[C@@H]1C[C@@]2(O)c3cccc(Cl)c3N(C)[C@H]2N1. The predicted molar refractivity (Wildman–Crippen MR) is 75.7 cm³/mol. The van der Waals surface area contributed by atoms with Crippen LogP contribution in [0, 0.1) is 0 Å². The summed E-state index contributed by atoms with van der Waals surface area (Å²) in [6, 6.07) is 4.96. The van der Waals surface area contributed by atoms with Crippen LogP contribution in [0.1, 0.15) is 18.9 Å². The molecule has 0 spiro atoms. The molecule has 0 aliphatic carbocycles. The highest BCUT2D eigenvalue weighted by atomic mass is 35.5. The molecule has 1 aromatic carbocycles. The van der Waals surface area contributed by atoms with E-state index in [9.17, 15) is 9.90 Å². The van der Waals surface area contributed by atoms with Crippen molar-refractivity contribution in [1.29, 1.82) is 0 Å². The van der Waals surface area contributed by atoms with Gasteiger partial charge in [-0.3, -0.25) is 10.1 Å². The van der Waals surface area contributed by atoms with Crippen molar-refractivity contribution in [3.63, 3.8) is 0 Å². The number of nitrogens with one attached hydrogen (secondary N) is 1. The van der Waals surface area contributed by atoms with E-state index in [1.807, 2.05) is 24.1 Å². The van der Waals surface area contributed by atoms with Crippen LogP contribution in [0.15, 0.2) is 18.2 Å². The Balaban J connectivity index is 1.97. The van der Waals surface area contributed by atoms with Gasteiger partial charge in [0.2, 0.25) is 0 Å². The topological polar surface area (TPSA) is 61.8 Å². The molecule has 1 saturated heterocycles. The van der Waals surface area contributed by atoms with Gasteiger partial charge < -0.3 is 14.7 Å². The number of carbonyl (C=O) groups is 1. The van der Waals surface area contributed by atoms with Crippen LogP contribution in [-0.2, 0) is 15.1 Å².